The molecule has 0 N–H and O–H groups in total. The highest BCUT2D eigenvalue weighted by molar-refractivity contribution is 9.08. The predicted molar refractivity (Wildman–Crippen MR) is 67.6 cm³/mol. The van der Waals surface area contributed by atoms with Crippen molar-refractivity contribution in [2.24, 2.45) is 0 Å². The molecule has 0 saturated heterocycles. The minimum atomic E-state index is 0.529. The third-order valence-corrected chi connectivity index (χ3v) is 2.99. The van der Waals surface area contributed by atoms with Crippen molar-refractivity contribution < 1.29 is 0 Å². The van der Waals surface area contributed by atoms with Crippen LogP contribution < -0.4 is 4.90 Å². The molecule has 0 amide bonds. The number of nitrogens with zero attached hydrogens (tertiary/aromatic N) is 2. The lowest BCUT2D eigenvalue weighted by molar-refractivity contribution is 0.900. The standard InChI is InChI=1S/C11H12BrClN2/c1-15(6-2-5-14)11-4-3-10(13)7-9(11)8-12/h3-4,7H,2,6,8H2,1H3. The van der Waals surface area contributed by atoms with Crippen molar-refractivity contribution in [2.45, 2.75) is 11.8 Å². The second kappa shape index (κ2) is 5.99. The van der Waals surface area contributed by atoms with Crippen molar-refractivity contribution in [1.29, 1.82) is 5.26 Å². The highest BCUT2D eigenvalue weighted by atomic mass is 79.9. The number of hydrogen-bond donors (Lipinski definition) is 0. The Morgan fingerprint density at radius 3 is 2.87 bits per heavy atom. The first-order chi connectivity index (χ1) is 7.19. The van der Waals surface area contributed by atoms with Gasteiger partial charge >= 0.3 is 0 Å². The zero-order valence-corrected chi connectivity index (χ0v) is 10.8. The Morgan fingerprint density at radius 1 is 1.53 bits per heavy atom. The van der Waals surface area contributed by atoms with Gasteiger partial charge in [-0.15, -0.1) is 0 Å². The van der Waals surface area contributed by atoms with Gasteiger partial charge in [-0.1, -0.05) is 27.5 Å². The van der Waals surface area contributed by atoms with Crippen LogP contribution in [0.2, 0.25) is 5.02 Å². The second-order valence-electron chi connectivity index (χ2n) is 3.24. The second-order valence-corrected chi connectivity index (χ2v) is 4.23. The number of rotatable bonds is 4. The summed E-state index contributed by atoms with van der Waals surface area (Å²) >= 11 is 9.34. The van der Waals surface area contributed by atoms with Gasteiger partial charge in [-0.2, -0.15) is 5.26 Å². The van der Waals surface area contributed by atoms with Crippen molar-refractivity contribution >= 4 is 33.2 Å². The number of benzene rings is 1. The fourth-order valence-electron chi connectivity index (χ4n) is 1.37. The molecule has 1 rings (SSSR count). The Labute approximate surface area is 104 Å². The minimum Gasteiger partial charge on any atom is -0.373 e. The maximum absolute atomic E-state index is 8.53. The lowest BCUT2D eigenvalue weighted by Gasteiger charge is -2.20. The maximum atomic E-state index is 8.53. The van der Waals surface area contributed by atoms with E-state index in [2.05, 4.69) is 26.9 Å². The first-order valence-electron chi connectivity index (χ1n) is 4.61. The van der Waals surface area contributed by atoms with E-state index in [0.717, 1.165) is 28.1 Å². The van der Waals surface area contributed by atoms with Gasteiger partial charge in [0.1, 0.15) is 0 Å². The van der Waals surface area contributed by atoms with Crippen molar-refractivity contribution in [2.75, 3.05) is 18.5 Å². The van der Waals surface area contributed by atoms with E-state index in [1.54, 1.807) is 0 Å². The van der Waals surface area contributed by atoms with Crippen LogP contribution in [0.1, 0.15) is 12.0 Å². The van der Waals surface area contributed by atoms with Crippen molar-refractivity contribution in [1.82, 2.24) is 0 Å². The highest BCUT2D eigenvalue weighted by Crippen LogP contribution is 2.25. The van der Waals surface area contributed by atoms with Crippen LogP contribution >= 0.6 is 27.5 Å². The Kier molecular flexibility index (Phi) is 4.93. The molecule has 0 aromatic heterocycles. The molecule has 0 bridgehead atoms. The molecule has 0 aliphatic rings. The van der Waals surface area contributed by atoms with Crippen LogP contribution in [0, 0.1) is 11.3 Å². The molecule has 0 spiro atoms. The molecular formula is C11H12BrClN2. The minimum absolute atomic E-state index is 0.529. The van der Waals surface area contributed by atoms with Crippen LogP contribution in [0.3, 0.4) is 0 Å². The quantitative estimate of drug-likeness (QED) is 0.791. The summed E-state index contributed by atoms with van der Waals surface area (Å²) in [6, 6.07) is 7.93. The zero-order valence-electron chi connectivity index (χ0n) is 8.50. The van der Waals surface area contributed by atoms with Gasteiger partial charge in [0, 0.05) is 29.6 Å². The summed E-state index contributed by atoms with van der Waals surface area (Å²) in [6.45, 7) is 0.734. The summed E-state index contributed by atoms with van der Waals surface area (Å²) in [5.74, 6) is 0. The number of anilines is 1. The van der Waals surface area contributed by atoms with Crippen LogP contribution in [0.25, 0.3) is 0 Å². The van der Waals surface area contributed by atoms with Gasteiger partial charge in [-0.05, 0) is 23.8 Å². The van der Waals surface area contributed by atoms with E-state index in [1.165, 1.54) is 0 Å². The smallest absolute Gasteiger partial charge is 0.0640 e. The van der Waals surface area contributed by atoms with E-state index in [4.69, 9.17) is 16.9 Å². The molecule has 0 atom stereocenters. The molecule has 15 heavy (non-hydrogen) atoms. The molecule has 0 unspecified atom stereocenters. The van der Waals surface area contributed by atoms with Crippen LogP contribution in [0.4, 0.5) is 5.69 Å². The summed E-state index contributed by atoms with van der Waals surface area (Å²) < 4.78 is 0. The number of halogens is 2. The Morgan fingerprint density at radius 2 is 2.27 bits per heavy atom. The first kappa shape index (κ1) is 12.4. The lowest BCUT2D eigenvalue weighted by atomic mass is 10.2. The van der Waals surface area contributed by atoms with Crippen LogP contribution in [-0.2, 0) is 5.33 Å². The summed E-state index contributed by atoms with van der Waals surface area (Å²) in [5, 5.41) is 10.0. The number of hydrogen-bond acceptors (Lipinski definition) is 2. The summed E-state index contributed by atoms with van der Waals surface area (Å²) in [6.07, 6.45) is 0.529. The Balaban J connectivity index is 2.88. The molecule has 1 aromatic carbocycles. The molecule has 0 aliphatic carbocycles. The van der Waals surface area contributed by atoms with E-state index >= 15 is 0 Å². The van der Waals surface area contributed by atoms with E-state index < -0.39 is 0 Å². The predicted octanol–water partition coefficient (Wildman–Crippen LogP) is 3.58. The van der Waals surface area contributed by atoms with Gasteiger partial charge in [-0.25, -0.2) is 0 Å². The Hall–Kier alpha value is -0.720. The van der Waals surface area contributed by atoms with Crippen molar-refractivity contribution in [3.05, 3.63) is 28.8 Å². The van der Waals surface area contributed by atoms with E-state index in [9.17, 15) is 0 Å². The third kappa shape index (κ3) is 3.40. The highest BCUT2D eigenvalue weighted by Gasteiger charge is 2.06. The average Bonchev–Trinajstić information content (AvgIpc) is 2.25. The van der Waals surface area contributed by atoms with Gasteiger partial charge in [0.25, 0.3) is 0 Å². The zero-order chi connectivity index (χ0) is 11.3. The van der Waals surface area contributed by atoms with Gasteiger partial charge in [0.15, 0.2) is 0 Å². The molecule has 2 nitrogen and oxygen atoms in total. The van der Waals surface area contributed by atoms with Crippen molar-refractivity contribution in [3.8, 4) is 6.07 Å². The SMILES string of the molecule is CN(CCC#N)c1ccc(Cl)cc1CBr. The monoisotopic (exact) mass is 286 g/mol. The lowest BCUT2D eigenvalue weighted by Crippen LogP contribution is -2.19. The number of nitriles is 1. The third-order valence-electron chi connectivity index (χ3n) is 2.16. The molecule has 0 saturated carbocycles. The van der Waals surface area contributed by atoms with Crippen molar-refractivity contribution in [3.63, 3.8) is 0 Å². The van der Waals surface area contributed by atoms with Gasteiger partial charge in [0.05, 0.1) is 12.5 Å². The molecule has 4 heteroatoms. The average molecular weight is 288 g/mol. The molecule has 80 valence electrons. The molecule has 0 radical (unpaired) electrons. The molecule has 0 aliphatic heterocycles. The van der Waals surface area contributed by atoms with E-state index in [0.29, 0.717) is 6.42 Å². The van der Waals surface area contributed by atoms with Crippen LogP contribution in [0.5, 0.6) is 0 Å². The molecule has 0 heterocycles. The van der Waals surface area contributed by atoms with Crippen LogP contribution in [0.15, 0.2) is 18.2 Å². The molecule has 1 aromatic rings. The summed E-state index contributed by atoms with van der Waals surface area (Å²) in [7, 11) is 1.98. The largest absolute Gasteiger partial charge is 0.373 e. The van der Waals surface area contributed by atoms with Gasteiger partial charge in [-0.3, -0.25) is 0 Å². The van der Waals surface area contributed by atoms with E-state index in [-0.39, 0.29) is 0 Å². The first-order valence-corrected chi connectivity index (χ1v) is 6.11. The van der Waals surface area contributed by atoms with Gasteiger partial charge < -0.3 is 4.90 Å². The topological polar surface area (TPSA) is 27.0 Å². The van der Waals surface area contributed by atoms with Gasteiger partial charge in [0.2, 0.25) is 0 Å². The summed E-state index contributed by atoms with van der Waals surface area (Å²) in [5.41, 5.74) is 2.26. The fraction of sp³-hybridized carbons (Fsp3) is 0.364. The molecular weight excluding hydrogens is 275 g/mol. The number of alkyl halides is 1. The normalized spacial score (nSPS) is 9.73. The fourth-order valence-corrected chi connectivity index (χ4v) is 2.02. The molecule has 0 fully saturated rings. The van der Waals surface area contributed by atoms with E-state index in [1.807, 2.05) is 25.2 Å². The summed E-state index contributed by atoms with van der Waals surface area (Å²) in [4.78, 5) is 2.07. The Bertz CT molecular complexity index is 373. The maximum Gasteiger partial charge on any atom is 0.0640 e. The van der Waals surface area contributed by atoms with Crippen LogP contribution in [-0.4, -0.2) is 13.6 Å².